The van der Waals surface area contributed by atoms with Crippen LogP contribution in [0.4, 0.5) is 17.6 Å². The second-order valence-corrected chi connectivity index (χ2v) is 9.08. The lowest BCUT2D eigenvalue weighted by atomic mass is 9.71. The van der Waals surface area contributed by atoms with Gasteiger partial charge in [0, 0.05) is 24.4 Å². The molecule has 11 nitrogen and oxygen atoms in total. The summed E-state index contributed by atoms with van der Waals surface area (Å²) in [6.07, 6.45) is 10.7. The number of nitrogen functional groups attached to an aromatic ring is 2. The molecule has 35 heavy (non-hydrogen) atoms. The largest absolute Gasteiger partial charge is 0.481 e. The maximum atomic E-state index is 13.4. The number of nitrogens with one attached hydrogen (secondary N) is 2. The van der Waals surface area contributed by atoms with E-state index in [0.717, 1.165) is 5.56 Å². The Bertz CT molecular complexity index is 1060. The van der Waals surface area contributed by atoms with Crippen molar-refractivity contribution >= 4 is 35.4 Å². The van der Waals surface area contributed by atoms with Crippen LogP contribution in [-0.2, 0) is 14.4 Å². The molecule has 0 spiro atoms. The van der Waals surface area contributed by atoms with E-state index in [9.17, 15) is 19.5 Å². The lowest BCUT2D eigenvalue weighted by Crippen LogP contribution is -2.49. The van der Waals surface area contributed by atoms with Crippen molar-refractivity contribution in [2.45, 2.75) is 50.5 Å². The van der Waals surface area contributed by atoms with Crippen LogP contribution in [0, 0.1) is 11.3 Å². The predicted octanol–water partition coefficient (Wildman–Crippen LogP) is 2.06. The normalized spacial score (nSPS) is 22.0. The Kier molecular flexibility index (Phi) is 8.10. The van der Waals surface area contributed by atoms with Gasteiger partial charge in [-0.05, 0) is 38.0 Å². The first-order valence-corrected chi connectivity index (χ1v) is 11.5. The second-order valence-electron chi connectivity index (χ2n) is 9.08. The van der Waals surface area contributed by atoms with Gasteiger partial charge in [-0.2, -0.15) is 9.97 Å². The highest BCUT2D eigenvalue weighted by Gasteiger charge is 2.41. The summed E-state index contributed by atoms with van der Waals surface area (Å²) in [5.41, 5.74) is 11.7. The molecule has 0 saturated heterocycles. The Balaban J connectivity index is 1.80. The van der Waals surface area contributed by atoms with Gasteiger partial charge >= 0.3 is 11.9 Å². The van der Waals surface area contributed by atoms with E-state index in [1.807, 2.05) is 12.2 Å². The number of hydrogen-bond donors (Lipinski definition) is 6. The molecule has 0 fully saturated rings. The molecule has 8 N–H and O–H groups in total. The summed E-state index contributed by atoms with van der Waals surface area (Å²) in [5.74, 6) is -1.75. The quantitative estimate of drug-likeness (QED) is 0.239. The highest BCUT2D eigenvalue weighted by atomic mass is 16.4. The molecular formula is C24H32N6O5. The molecule has 4 atom stereocenters. The van der Waals surface area contributed by atoms with Crippen molar-refractivity contribution in [2.24, 2.45) is 11.3 Å². The molecular weight excluding hydrogens is 452 g/mol. The van der Waals surface area contributed by atoms with Crippen molar-refractivity contribution in [2.75, 3.05) is 23.3 Å². The van der Waals surface area contributed by atoms with E-state index < -0.39 is 29.3 Å². The molecule has 2 heterocycles. The van der Waals surface area contributed by atoms with Crippen LogP contribution in [0.3, 0.4) is 0 Å². The van der Waals surface area contributed by atoms with Gasteiger partial charge in [0.25, 0.3) is 0 Å². The summed E-state index contributed by atoms with van der Waals surface area (Å²) < 4.78 is 0. The Morgan fingerprint density at radius 2 is 2.06 bits per heavy atom. The third-order valence-electron chi connectivity index (χ3n) is 6.53. The molecule has 3 unspecified atom stereocenters. The maximum absolute atomic E-state index is 13.4. The highest BCUT2D eigenvalue weighted by Crippen LogP contribution is 2.43. The van der Waals surface area contributed by atoms with Crippen LogP contribution >= 0.6 is 0 Å². The highest BCUT2D eigenvalue weighted by molar-refractivity contribution is 5.89. The van der Waals surface area contributed by atoms with E-state index >= 15 is 0 Å². The molecule has 188 valence electrons. The fraction of sp³-hybridized carbons (Fsp3) is 0.458. The number of allylic oxidation sites excluding steroid dienone is 4. The molecule has 0 aromatic carbocycles. The Morgan fingerprint density at radius 1 is 1.29 bits per heavy atom. The Labute approximate surface area is 203 Å². The number of aromatic nitrogens is 2. The van der Waals surface area contributed by atoms with Gasteiger partial charge in [0.1, 0.15) is 17.7 Å². The third kappa shape index (κ3) is 6.17. The number of anilines is 3. The van der Waals surface area contributed by atoms with Gasteiger partial charge in [-0.25, -0.2) is 4.79 Å². The Hall–Kier alpha value is -3.89. The molecule has 0 radical (unpaired) electrons. The van der Waals surface area contributed by atoms with Gasteiger partial charge < -0.3 is 32.3 Å². The van der Waals surface area contributed by atoms with E-state index in [1.54, 1.807) is 18.2 Å². The van der Waals surface area contributed by atoms with Gasteiger partial charge in [0.2, 0.25) is 11.9 Å². The summed E-state index contributed by atoms with van der Waals surface area (Å²) in [6, 6.07) is -1.29. The minimum absolute atomic E-state index is 0.0149. The van der Waals surface area contributed by atoms with E-state index in [2.05, 4.69) is 27.2 Å². The van der Waals surface area contributed by atoms with Crippen LogP contribution in [0.15, 0.2) is 37.0 Å². The monoisotopic (exact) mass is 484 g/mol. The average Bonchev–Trinajstić information content (AvgIpc) is 3.19. The third-order valence-corrected chi connectivity index (χ3v) is 6.53. The molecule has 1 aromatic rings. The van der Waals surface area contributed by atoms with Crippen LogP contribution in [-0.4, -0.2) is 50.6 Å². The molecule has 1 aliphatic heterocycles. The summed E-state index contributed by atoms with van der Waals surface area (Å²) >= 11 is 0. The zero-order valence-corrected chi connectivity index (χ0v) is 19.4. The van der Waals surface area contributed by atoms with Crippen molar-refractivity contribution in [1.29, 1.82) is 0 Å². The number of amides is 1. The molecule has 11 heteroatoms. The number of nitrogens with zero attached hydrogens (tertiary/aromatic N) is 2. The van der Waals surface area contributed by atoms with Gasteiger partial charge in [-0.1, -0.05) is 30.4 Å². The van der Waals surface area contributed by atoms with Gasteiger partial charge in [0.15, 0.2) is 0 Å². The molecule has 2 aliphatic rings. The van der Waals surface area contributed by atoms with Gasteiger partial charge in [0.05, 0.1) is 5.41 Å². The molecule has 1 aliphatic carbocycles. The van der Waals surface area contributed by atoms with E-state index in [0.29, 0.717) is 43.9 Å². The van der Waals surface area contributed by atoms with Crippen molar-refractivity contribution in [3.05, 3.63) is 42.5 Å². The molecule has 0 saturated carbocycles. The fourth-order valence-electron chi connectivity index (χ4n) is 4.89. The van der Waals surface area contributed by atoms with Gasteiger partial charge in [-0.3, -0.25) is 9.59 Å². The smallest absolute Gasteiger partial charge is 0.326 e. The van der Waals surface area contributed by atoms with Crippen LogP contribution in [0.25, 0.3) is 0 Å². The van der Waals surface area contributed by atoms with E-state index in [-0.39, 0.29) is 30.6 Å². The number of carboxylic acids is 2. The number of carbonyl (C=O) groups is 3. The first-order chi connectivity index (χ1) is 16.6. The van der Waals surface area contributed by atoms with Crippen molar-refractivity contribution in [3.8, 4) is 0 Å². The minimum atomic E-state index is -1.29. The maximum Gasteiger partial charge on any atom is 0.326 e. The lowest BCUT2D eigenvalue weighted by Gasteiger charge is -2.35. The summed E-state index contributed by atoms with van der Waals surface area (Å²) in [5, 5.41) is 24.2. The average molecular weight is 485 g/mol. The van der Waals surface area contributed by atoms with Crippen LogP contribution in [0.5, 0.6) is 0 Å². The SMILES string of the molecule is C=CCC(CC1CNc2nc(N)nc(N)c21)CC1(C(=O)N[C@@H](CCC(=O)O)C(=O)O)C=CC=CC1. The van der Waals surface area contributed by atoms with Crippen molar-refractivity contribution in [3.63, 3.8) is 0 Å². The molecule has 3 rings (SSSR count). The topological polar surface area (TPSA) is 194 Å². The van der Waals surface area contributed by atoms with E-state index in [4.69, 9.17) is 16.6 Å². The summed E-state index contributed by atoms with van der Waals surface area (Å²) in [4.78, 5) is 44.4. The van der Waals surface area contributed by atoms with Crippen LogP contribution in [0.1, 0.15) is 50.0 Å². The first kappa shape index (κ1) is 25.7. The fourth-order valence-corrected chi connectivity index (χ4v) is 4.89. The molecule has 1 aromatic heterocycles. The number of fused-ring (bicyclic) bond motifs is 1. The van der Waals surface area contributed by atoms with Crippen molar-refractivity contribution in [1.82, 2.24) is 15.3 Å². The second kappa shape index (κ2) is 11.0. The number of rotatable bonds is 12. The number of aliphatic carboxylic acids is 2. The number of carbonyl (C=O) groups excluding carboxylic acids is 1. The standard InChI is InChI=1S/C24H32N6O5/c1-2-6-14(11-15-13-27-20-18(15)19(25)29-23(26)30-20)12-24(9-4-3-5-10-24)22(35)28-16(21(33)34)7-8-17(31)32/h2-5,9,14-16H,1,6-8,10-13H2,(H,28,35)(H,31,32)(H,33,34)(H5,25,26,27,29,30)/t14?,15?,16-,24?/m0/s1. The Morgan fingerprint density at radius 3 is 2.69 bits per heavy atom. The van der Waals surface area contributed by atoms with Gasteiger partial charge in [-0.15, -0.1) is 6.58 Å². The number of nitrogens with two attached hydrogens (primary N) is 2. The predicted molar refractivity (Wildman–Crippen MR) is 131 cm³/mol. The van der Waals surface area contributed by atoms with E-state index in [1.165, 1.54) is 0 Å². The zero-order chi connectivity index (χ0) is 25.6. The number of hydrogen-bond acceptors (Lipinski definition) is 8. The van der Waals surface area contributed by atoms with Crippen LogP contribution in [0.2, 0.25) is 0 Å². The zero-order valence-electron chi connectivity index (χ0n) is 19.4. The summed E-state index contributed by atoms with van der Waals surface area (Å²) in [6.45, 7) is 4.48. The summed E-state index contributed by atoms with van der Waals surface area (Å²) in [7, 11) is 0. The van der Waals surface area contributed by atoms with Crippen LogP contribution < -0.4 is 22.1 Å². The molecule has 1 amide bonds. The number of carboxylic acid groups (broad SMARTS) is 2. The molecule has 0 bridgehead atoms. The van der Waals surface area contributed by atoms with Crippen molar-refractivity contribution < 1.29 is 24.6 Å². The minimum Gasteiger partial charge on any atom is -0.481 e. The lowest BCUT2D eigenvalue weighted by molar-refractivity contribution is -0.144. The first-order valence-electron chi connectivity index (χ1n) is 11.5.